The molecule has 7 nitrogen and oxygen atoms in total. The van der Waals surface area contributed by atoms with Crippen molar-refractivity contribution >= 4 is 31.4 Å². The summed E-state index contributed by atoms with van der Waals surface area (Å²) in [6.07, 6.45) is 2.31. The summed E-state index contributed by atoms with van der Waals surface area (Å²) in [5, 5.41) is 3.28. The molecule has 1 N–H and O–H groups in total. The van der Waals surface area contributed by atoms with Gasteiger partial charge >= 0.3 is 12.1 Å². The summed E-state index contributed by atoms with van der Waals surface area (Å²) in [7, 11) is -1.36. The highest BCUT2D eigenvalue weighted by molar-refractivity contribution is 6.76. The molecule has 1 fully saturated rings. The average Bonchev–Trinajstić information content (AvgIpc) is 3.33. The Hall–Kier alpha value is -2.53. The standard InChI is InChI=1S/C32H51F3N4O3Si/c1-8-42-30(40)18-24(4)25-14-15-28(39(20-23(2)3)26-12-10-9-11-13-26)27(19-25)36-31-37-29(32(33,34)35)21-38(31)22-41-16-17-43(5,6)7/h14-15,19,21,23-24,26H,8-13,16-18,20,22H2,1-7H3,(H,36,37)/t24-/m1/s1. The molecule has 1 aliphatic rings. The van der Waals surface area contributed by atoms with E-state index in [1.165, 1.54) is 11.0 Å². The molecule has 1 aromatic carbocycles. The van der Waals surface area contributed by atoms with Gasteiger partial charge in [0, 0.05) is 33.5 Å². The van der Waals surface area contributed by atoms with Crippen molar-refractivity contribution in [3.63, 3.8) is 0 Å². The van der Waals surface area contributed by atoms with E-state index in [2.05, 4.69) is 48.7 Å². The molecule has 3 rings (SSSR count). The number of nitrogens with zero attached hydrogens (tertiary/aromatic N) is 3. The Morgan fingerprint density at radius 3 is 2.47 bits per heavy atom. The van der Waals surface area contributed by atoms with Crippen molar-refractivity contribution in [1.82, 2.24) is 9.55 Å². The van der Waals surface area contributed by atoms with Gasteiger partial charge in [-0.15, -0.1) is 0 Å². The summed E-state index contributed by atoms with van der Waals surface area (Å²) in [6, 6.07) is 7.27. The minimum Gasteiger partial charge on any atom is -0.466 e. The van der Waals surface area contributed by atoms with Crippen molar-refractivity contribution in [1.29, 1.82) is 0 Å². The number of nitrogens with one attached hydrogen (secondary N) is 1. The maximum Gasteiger partial charge on any atom is 0.434 e. The smallest absolute Gasteiger partial charge is 0.434 e. The van der Waals surface area contributed by atoms with Gasteiger partial charge in [-0.2, -0.15) is 13.2 Å². The number of carbonyl (C=O) groups excluding carboxylic acids is 1. The molecule has 0 saturated heterocycles. The first-order chi connectivity index (χ1) is 20.2. The fraction of sp³-hybridized carbons (Fsp3) is 0.688. The number of hydrogen-bond donors (Lipinski definition) is 1. The monoisotopic (exact) mass is 624 g/mol. The van der Waals surface area contributed by atoms with Crippen LogP contribution in [0, 0.1) is 5.92 Å². The van der Waals surface area contributed by atoms with Crippen LogP contribution in [0.15, 0.2) is 24.4 Å². The normalized spacial score (nSPS) is 15.5. The first kappa shape index (κ1) is 35.0. The van der Waals surface area contributed by atoms with E-state index >= 15 is 0 Å². The highest BCUT2D eigenvalue weighted by Crippen LogP contribution is 2.38. The maximum absolute atomic E-state index is 13.8. The topological polar surface area (TPSA) is 68.6 Å². The molecule has 0 amide bonds. The van der Waals surface area contributed by atoms with Crippen LogP contribution in [0.25, 0.3) is 0 Å². The van der Waals surface area contributed by atoms with Gasteiger partial charge in [-0.25, -0.2) is 4.98 Å². The number of carbonyl (C=O) groups is 1. The quantitative estimate of drug-likeness (QED) is 0.121. The van der Waals surface area contributed by atoms with Crippen molar-refractivity contribution in [2.45, 2.75) is 117 Å². The lowest BCUT2D eigenvalue weighted by Crippen LogP contribution is -2.39. The lowest BCUT2D eigenvalue weighted by molar-refractivity contribution is -0.143. The summed E-state index contributed by atoms with van der Waals surface area (Å²) in [5.74, 6) is 0.0380. The number of aromatic nitrogens is 2. The SMILES string of the molecule is CCOC(=O)C[C@@H](C)c1ccc(N(CC(C)C)C2CCCCC2)c(Nc2nc(C(F)(F)F)cn2COCC[Si](C)(C)C)c1. The number of rotatable bonds is 15. The predicted molar refractivity (Wildman–Crippen MR) is 170 cm³/mol. The molecule has 0 spiro atoms. The van der Waals surface area contributed by atoms with E-state index in [9.17, 15) is 18.0 Å². The zero-order valence-electron chi connectivity index (χ0n) is 27.0. The number of esters is 1. The Kier molecular flexibility index (Phi) is 12.6. The fourth-order valence-electron chi connectivity index (χ4n) is 5.44. The molecule has 242 valence electrons. The molecule has 2 aromatic rings. The van der Waals surface area contributed by atoms with Gasteiger partial charge < -0.3 is 19.7 Å². The van der Waals surface area contributed by atoms with Gasteiger partial charge in [-0.05, 0) is 55.3 Å². The van der Waals surface area contributed by atoms with Crippen LogP contribution in [0.5, 0.6) is 0 Å². The lowest BCUT2D eigenvalue weighted by Gasteiger charge is -2.38. The number of benzene rings is 1. The van der Waals surface area contributed by atoms with E-state index in [0.29, 0.717) is 30.9 Å². The number of alkyl halides is 3. The van der Waals surface area contributed by atoms with Crippen LogP contribution in [-0.2, 0) is 27.2 Å². The summed E-state index contributed by atoms with van der Waals surface area (Å²) in [6.45, 7) is 16.4. The summed E-state index contributed by atoms with van der Waals surface area (Å²) in [4.78, 5) is 18.7. The molecule has 1 aromatic heterocycles. The zero-order valence-corrected chi connectivity index (χ0v) is 28.0. The van der Waals surface area contributed by atoms with Gasteiger partial charge in [-0.3, -0.25) is 9.36 Å². The third kappa shape index (κ3) is 10.8. The number of ether oxygens (including phenoxy) is 2. The van der Waals surface area contributed by atoms with Crippen molar-refractivity contribution in [3.8, 4) is 0 Å². The van der Waals surface area contributed by atoms with Gasteiger partial charge in [0.2, 0.25) is 5.95 Å². The summed E-state index contributed by atoms with van der Waals surface area (Å²) < 4.78 is 53.9. The van der Waals surface area contributed by atoms with E-state index in [1.807, 2.05) is 25.1 Å². The molecule has 1 saturated carbocycles. The number of hydrogen-bond acceptors (Lipinski definition) is 6. The molecule has 1 atom stereocenters. The van der Waals surface area contributed by atoms with Gasteiger partial charge in [0.05, 0.1) is 24.4 Å². The Bertz CT molecular complexity index is 1170. The average molecular weight is 625 g/mol. The molecule has 0 bridgehead atoms. The molecule has 43 heavy (non-hydrogen) atoms. The van der Waals surface area contributed by atoms with Crippen LogP contribution in [0.2, 0.25) is 25.7 Å². The van der Waals surface area contributed by atoms with Crippen LogP contribution < -0.4 is 10.2 Å². The van der Waals surface area contributed by atoms with E-state index in [0.717, 1.165) is 55.7 Å². The Morgan fingerprint density at radius 1 is 1.16 bits per heavy atom. The second-order valence-electron chi connectivity index (χ2n) is 13.4. The van der Waals surface area contributed by atoms with Gasteiger partial charge in [0.1, 0.15) is 6.73 Å². The molecular weight excluding hydrogens is 573 g/mol. The maximum atomic E-state index is 13.8. The van der Waals surface area contributed by atoms with Crippen LogP contribution in [0.4, 0.5) is 30.5 Å². The van der Waals surface area contributed by atoms with Gasteiger partial charge in [-0.1, -0.05) is 65.7 Å². The summed E-state index contributed by atoms with van der Waals surface area (Å²) in [5.41, 5.74) is 1.52. The minimum absolute atomic E-state index is 0.0392. The molecule has 0 unspecified atom stereocenters. The minimum atomic E-state index is -4.59. The van der Waals surface area contributed by atoms with Crippen LogP contribution in [0.1, 0.15) is 83.4 Å². The molecule has 1 heterocycles. The number of halogens is 3. The van der Waals surface area contributed by atoms with E-state index in [4.69, 9.17) is 9.47 Å². The largest absolute Gasteiger partial charge is 0.466 e. The highest BCUT2D eigenvalue weighted by Gasteiger charge is 2.35. The molecule has 0 aliphatic heterocycles. The van der Waals surface area contributed by atoms with E-state index in [1.54, 1.807) is 6.92 Å². The van der Waals surface area contributed by atoms with Crippen LogP contribution in [-0.4, -0.2) is 49.4 Å². The number of imidazole rings is 1. The molecule has 11 heteroatoms. The van der Waals surface area contributed by atoms with Crippen molar-refractivity contribution in [3.05, 3.63) is 35.7 Å². The lowest BCUT2D eigenvalue weighted by atomic mass is 9.92. The first-order valence-corrected chi connectivity index (χ1v) is 19.4. The fourth-order valence-corrected chi connectivity index (χ4v) is 6.20. The first-order valence-electron chi connectivity index (χ1n) is 15.7. The second-order valence-corrected chi connectivity index (χ2v) is 19.0. The van der Waals surface area contributed by atoms with Crippen LogP contribution in [0.3, 0.4) is 0 Å². The Labute approximate surface area is 256 Å². The second kappa shape index (κ2) is 15.5. The predicted octanol–water partition coefficient (Wildman–Crippen LogP) is 8.81. The number of anilines is 3. The summed E-state index contributed by atoms with van der Waals surface area (Å²) >= 11 is 0. The van der Waals surface area contributed by atoms with E-state index in [-0.39, 0.29) is 31.0 Å². The zero-order chi connectivity index (χ0) is 31.8. The molecule has 1 aliphatic carbocycles. The third-order valence-corrected chi connectivity index (χ3v) is 9.50. The highest BCUT2D eigenvalue weighted by atomic mass is 28.3. The molecule has 0 radical (unpaired) electrons. The van der Waals surface area contributed by atoms with E-state index < -0.39 is 19.9 Å². The Morgan fingerprint density at radius 2 is 1.86 bits per heavy atom. The van der Waals surface area contributed by atoms with Crippen molar-refractivity contribution in [2.75, 3.05) is 30.0 Å². The Balaban J connectivity index is 2.03. The van der Waals surface area contributed by atoms with Crippen molar-refractivity contribution < 1.29 is 27.4 Å². The van der Waals surface area contributed by atoms with Gasteiger partial charge in [0.25, 0.3) is 0 Å². The third-order valence-electron chi connectivity index (χ3n) is 7.79. The van der Waals surface area contributed by atoms with Gasteiger partial charge in [0.15, 0.2) is 5.69 Å². The van der Waals surface area contributed by atoms with Crippen molar-refractivity contribution in [2.24, 2.45) is 5.92 Å². The van der Waals surface area contributed by atoms with Crippen LogP contribution >= 0.6 is 0 Å². The molecular formula is C32H51F3N4O3Si.